The van der Waals surface area contributed by atoms with Crippen LogP contribution in [0.15, 0.2) is 29.3 Å². The fourth-order valence-corrected chi connectivity index (χ4v) is 2.92. The number of carbonyl (C=O) groups is 1. The molecule has 2 rings (SSSR count). The van der Waals surface area contributed by atoms with Gasteiger partial charge in [0, 0.05) is 23.4 Å². The molecule has 0 spiro atoms. The number of aromatic nitrogens is 2. The maximum Gasteiger partial charge on any atom is 0.339 e. The number of hydrogen-bond donors (Lipinski definition) is 2. The fraction of sp³-hybridized carbons (Fsp3) is 0.286. The maximum atomic E-state index is 11.1. The number of rotatable bonds is 6. The van der Waals surface area contributed by atoms with Gasteiger partial charge in [0.2, 0.25) is 0 Å². The lowest BCUT2D eigenvalue weighted by Crippen LogP contribution is -2.03. The molecule has 1 aromatic heterocycles. The van der Waals surface area contributed by atoms with E-state index in [1.54, 1.807) is 17.8 Å². The van der Waals surface area contributed by atoms with Crippen molar-refractivity contribution >= 4 is 23.4 Å². The zero-order valence-electron chi connectivity index (χ0n) is 11.9. The van der Waals surface area contributed by atoms with Crippen LogP contribution in [-0.4, -0.2) is 27.5 Å². The number of nitrogens with zero attached hydrogens (tertiary/aromatic N) is 2. The summed E-state index contributed by atoms with van der Waals surface area (Å²) in [6.07, 6.45) is 1.36. The summed E-state index contributed by atoms with van der Waals surface area (Å²) in [4.78, 5) is 12.0. The number of aromatic carboxylic acids is 1. The van der Waals surface area contributed by atoms with Gasteiger partial charge in [0.25, 0.3) is 0 Å². The van der Waals surface area contributed by atoms with Gasteiger partial charge >= 0.3 is 5.97 Å². The van der Waals surface area contributed by atoms with E-state index in [0.29, 0.717) is 23.7 Å². The molecule has 0 aliphatic carbocycles. The second-order valence-corrected chi connectivity index (χ2v) is 5.37. The molecule has 3 N–H and O–H groups in total. The molecule has 6 nitrogen and oxygen atoms in total. The first-order valence-electron chi connectivity index (χ1n) is 6.42. The van der Waals surface area contributed by atoms with E-state index in [2.05, 4.69) is 5.10 Å². The number of benzene rings is 1. The smallest absolute Gasteiger partial charge is 0.339 e. The molecular weight excluding hydrogens is 290 g/mol. The van der Waals surface area contributed by atoms with E-state index >= 15 is 0 Å². The van der Waals surface area contributed by atoms with Crippen LogP contribution in [0.4, 0.5) is 5.69 Å². The molecule has 0 bridgehead atoms. The molecule has 2 aromatic rings. The van der Waals surface area contributed by atoms with E-state index in [-0.39, 0.29) is 5.56 Å². The van der Waals surface area contributed by atoms with Crippen molar-refractivity contribution in [1.29, 1.82) is 0 Å². The Morgan fingerprint density at radius 1 is 1.52 bits per heavy atom. The highest BCUT2D eigenvalue weighted by Crippen LogP contribution is 2.32. The lowest BCUT2D eigenvalue weighted by atomic mass is 10.3. The predicted octanol–water partition coefficient (Wildman–Crippen LogP) is 2.39. The van der Waals surface area contributed by atoms with Crippen molar-refractivity contribution in [2.75, 3.05) is 12.3 Å². The minimum Gasteiger partial charge on any atom is -0.494 e. The molecule has 1 aromatic carbocycles. The van der Waals surface area contributed by atoms with E-state index in [1.165, 1.54) is 18.0 Å². The minimum atomic E-state index is -0.977. The lowest BCUT2D eigenvalue weighted by molar-refractivity contribution is 0.0696. The molecule has 112 valence electrons. The number of carboxylic acid groups (broad SMARTS) is 1. The Labute approximate surface area is 126 Å². The Hall–Kier alpha value is -2.15. The first-order chi connectivity index (χ1) is 10.0. The standard InChI is InChI=1S/C14H17N3O3S/c1-3-20-9-4-5-11(15)13(6-9)21-8-12-10(14(18)19)7-16-17(12)2/h4-7H,3,8,15H2,1-2H3,(H,18,19). The van der Waals surface area contributed by atoms with Crippen molar-refractivity contribution in [2.45, 2.75) is 17.6 Å². The number of hydrogen-bond acceptors (Lipinski definition) is 5. The molecule has 0 fully saturated rings. The van der Waals surface area contributed by atoms with Gasteiger partial charge in [0.05, 0.1) is 18.5 Å². The Morgan fingerprint density at radius 3 is 2.95 bits per heavy atom. The van der Waals surface area contributed by atoms with E-state index in [1.807, 2.05) is 19.1 Å². The Kier molecular flexibility index (Phi) is 4.74. The molecule has 0 aliphatic rings. The molecule has 21 heavy (non-hydrogen) atoms. The molecule has 0 radical (unpaired) electrons. The summed E-state index contributed by atoms with van der Waals surface area (Å²) in [7, 11) is 1.72. The predicted molar refractivity (Wildman–Crippen MR) is 81.8 cm³/mol. The van der Waals surface area contributed by atoms with Gasteiger partial charge in [-0.1, -0.05) is 0 Å². The van der Waals surface area contributed by atoms with Crippen LogP contribution in [0, 0.1) is 0 Å². The average Bonchev–Trinajstić information content (AvgIpc) is 2.81. The average molecular weight is 307 g/mol. The molecule has 7 heteroatoms. The first-order valence-corrected chi connectivity index (χ1v) is 7.40. The molecule has 1 heterocycles. The number of anilines is 1. The van der Waals surface area contributed by atoms with E-state index < -0.39 is 5.97 Å². The molecule has 0 amide bonds. The summed E-state index contributed by atoms with van der Waals surface area (Å²) in [6, 6.07) is 5.46. The van der Waals surface area contributed by atoms with Crippen LogP contribution in [0.25, 0.3) is 0 Å². The van der Waals surface area contributed by atoms with Crippen molar-refractivity contribution in [3.05, 3.63) is 35.7 Å². The summed E-state index contributed by atoms with van der Waals surface area (Å²) >= 11 is 1.46. The van der Waals surface area contributed by atoms with Gasteiger partial charge in [-0.25, -0.2) is 4.79 Å². The van der Waals surface area contributed by atoms with Crippen molar-refractivity contribution < 1.29 is 14.6 Å². The third-order valence-corrected chi connectivity index (χ3v) is 4.03. The number of thioether (sulfide) groups is 1. The zero-order chi connectivity index (χ0) is 15.4. The maximum absolute atomic E-state index is 11.1. The highest BCUT2D eigenvalue weighted by atomic mass is 32.2. The van der Waals surface area contributed by atoms with E-state index in [4.69, 9.17) is 15.6 Å². The fourth-order valence-electron chi connectivity index (χ4n) is 1.85. The van der Waals surface area contributed by atoms with Gasteiger partial charge in [-0.05, 0) is 25.1 Å². The number of ether oxygens (including phenoxy) is 1. The third kappa shape index (κ3) is 3.49. The highest BCUT2D eigenvalue weighted by Gasteiger charge is 2.15. The SMILES string of the molecule is CCOc1ccc(N)c(SCc2c(C(=O)O)cnn2C)c1. The third-order valence-electron chi connectivity index (χ3n) is 2.95. The largest absolute Gasteiger partial charge is 0.494 e. The second-order valence-electron chi connectivity index (χ2n) is 4.36. The van der Waals surface area contributed by atoms with Gasteiger partial charge < -0.3 is 15.6 Å². The highest BCUT2D eigenvalue weighted by molar-refractivity contribution is 7.98. The van der Waals surface area contributed by atoms with E-state index in [0.717, 1.165) is 10.6 Å². The Bertz CT molecular complexity index is 655. The van der Waals surface area contributed by atoms with Crippen LogP contribution in [0.5, 0.6) is 5.75 Å². The number of carboxylic acids is 1. The van der Waals surface area contributed by atoms with Crippen LogP contribution in [0.1, 0.15) is 23.0 Å². The van der Waals surface area contributed by atoms with Crippen LogP contribution >= 0.6 is 11.8 Å². The van der Waals surface area contributed by atoms with Crippen molar-refractivity contribution in [1.82, 2.24) is 9.78 Å². The molecule has 0 saturated heterocycles. The summed E-state index contributed by atoms with van der Waals surface area (Å²) in [5.74, 6) is 0.241. The van der Waals surface area contributed by atoms with Gasteiger partial charge in [0.15, 0.2) is 0 Å². The number of nitrogens with two attached hydrogens (primary N) is 1. The molecule has 0 atom stereocenters. The number of nitrogen functional groups attached to an aromatic ring is 1. The molecule has 0 unspecified atom stereocenters. The monoisotopic (exact) mass is 307 g/mol. The van der Waals surface area contributed by atoms with Crippen molar-refractivity contribution in [3.8, 4) is 5.75 Å². The topological polar surface area (TPSA) is 90.4 Å². The van der Waals surface area contributed by atoms with Crippen LogP contribution in [-0.2, 0) is 12.8 Å². The summed E-state index contributed by atoms with van der Waals surface area (Å²) < 4.78 is 7.01. The van der Waals surface area contributed by atoms with Gasteiger partial charge in [0.1, 0.15) is 11.3 Å². The normalized spacial score (nSPS) is 10.6. The van der Waals surface area contributed by atoms with Crippen LogP contribution < -0.4 is 10.5 Å². The van der Waals surface area contributed by atoms with Crippen molar-refractivity contribution in [2.24, 2.45) is 7.05 Å². The van der Waals surface area contributed by atoms with Gasteiger partial charge in [-0.15, -0.1) is 11.8 Å². The summed E-state index contributed by atoms with van der Waals surface area (Å²) in [5.41, 5.74) is 7.45. The Balaban J connectivity index is 2.18. The Morgan fingerprint density at radius 2 is 2.29 bits per heavy atom. The van der Waals surface area contributed by atoms with Gasteiger partial charge in [-0.3, -0.25) is 4.68 Å². The summed E-state index contributed by atoms with van der Waals surface area (Å²) in [5, 5.41) is 13.1. The lowest BCUT2D eigenvalue weighted by Gasteiger charge is -2.09. The molecular formula is C14H17N3O3S. The first kappa shape index (κ1) is 15.2. The summed E-state index contributed by atoms with van der Waals surface area (Å²) in [6.45, 7) is 2.50. The van der Waals surface area contributed by atoms with Crippen LogP contribution in [0.2, 0.25) is 0 Å². The van der Waals surface area contributed by atoms with E-state index in [9.17, 15) is 4.79 Å². The quantitative estimate of drug-likeness (QED) is 0.629. The zero-order valence-corrected chi connectivity index (χ0v) is 12.7. The number of aryl methyl sites for hydroxylation is 1. The van der Waals surface area contributed by atoms with Crippen molar-refractivity contribution in [3.63, 3.8) is 0 Å². The molecule has 0 saturated carbocycles. The van der Waals surface area contributed by atoms with Crippen LogP contribution in [0.3, 0.4) is 0 Å². The molecule has 0 aliphatic heterocycles. The second kappa shape index (κ2) is 6.53. The van der Waals surface area contributed by atoms with Gasteiger partial charge in [-0.2, -0.15) is 5.10 Å². The minimum absolute atomic E-state index is 0.213.